The van der Waals surface area contributed by atoms with Gasteiger partial charge in [-0.2, -0.15) is 0 Å². The highest BCUT2D eigenvalue weighted by Gasteiger charge is 2.22. The van der Waals surface area contributed by atoms with Crippen LogP contribution in [0.15, 0.2) is 12.7 Å². The summed E-state index contributed by atoms with van der Waals surface area (Å²) in [5, 5.41) is 11.2. The van der Waals surface area contributed by atoms with Crippen molar-refractivity contribution in [2.75, 3.05) is 20.2 Å². The van der Waals surface area contributed by atoms with Gasteiger partial charge >= 0.3 is 18.0 Å². The lowest BCUT2D eigenvalue weighted by Crippen LogP contribution is -2.49. The van der Waals surface area contributed by atoms with Crippen LogP contribution in [-0.4, -0.2) is 54.2 Å². The maximum Gasteiger partial charge on any atom is 0.326 e. The highest BCUT2D eigenvalue weighted by atomic mass is 16.5. The van der Waals surface area contributed by atoms with E-state index in [2.05, 4.69) is 16.6 Å². The quantitative estimate of drug-likeness (QED) is 0.503. The molecule has 0 aliphatic carbocycles. The van der Waals surface area contributed by atoms with Gasteiger partial charge in [-0.3, -0.25) is 4.79 Å². The highest BCUT2D eigenvalue weighted by Crippen LogP contribution is 1.97. The number of carbonyl (C=O) groups is 3. The monoisotopic (exact) mass is 258 g/mol. The third kappa shape index (κ3) is 5.33. The average Bonchev–Trinajstić information content (AvgIpc) is 2.34. The molecule has 0 aromatic rings. The van der Waals surface area contributed by atoms with E-state index in [0.29, 0.717) is 0 Å². The zero-order valence-corrected chi connectivity index (χ0v) is 10.5. The third-order valence-corrected chi connectivity index (χ3v) is 2.21. The Labute approximate surface area is 105 Å². The van der Waals surface area contributed by atoms with Crippen molar-refractivity contribution in [1.82, 2.24) is 10.2 Å². The summed E-state index contributed by atoms with van der Waals surface area (Å²) in [6.45, 7) is 5.13. The first-order valence-corrected chi connectivity index (χ1v) is 5.42. The number of hydrogen-bond acceptors (Lipinski definition) is 4. The summed E-state index contributed by atoms with van der Waals surface area (Å²) < 4.78 is 4.44. The van der Waals surface area contributed by atoms with Crippen LogP contribution in [-0.2, 0) is 14.3 Å². The van der Waals surface area contributed by atoms with Crippen molar-refractivity contribution in [3.63, 3.8) is 0 Å². The molecular weight excluding hydrogens is 240 g/mol. The van der Waals surface area contributed by atoms with E-state index in [4.69, 9.17) is 5.11 Å². The summed E-state index contributed by atoms with van der Waals surface area (Å²) in [4.78, 5) is 34.8. The average molecular weight is 258 g/mol. The number of methoxy groups -OCH3 is 1. The first kappa shape index (κ1) is 16.0. The molecule has 2 N–H and O–H groups in total. The van der Waals surface area contributed by atoms with Crippen molar-refractivity contribution < 1.29 is 24.2 Å². The number of esters is 1. The van der Waals surface area contributed by atoms with Gasteiger partial charge in [0.25, 0.3) is 0 Å². The molecule has 0 saturated carbocycles. The van der Waals surface area contributed by atoms with Gasteiger partial charge in [0.1, 0.15) is 12.6 Å². The van der Waals surface area contributed by atoms with Crippen LogP contribution < -0.4 is 5.32 Å². The Morgan fingerprint density at radius 3 is 2.50 bits per heavy atom. The van der Waals surface area contributed by atoms with Gasteiger partial charge in [-0.15, -0.1) is 6.58 Å². The van der Waals surface area contributed by atoms with E-state index >= 15 is 0 Å². The number of ether oxygens (including phenoxy) is 1. The maximum atomic E-state index is 11.7. The molecule has 1 atom stereocenters. The summed E-state index contributed by atoms with van der Waals surface area (Å²) in [5.74, 6) is -1.72. The fourth-order valence-electron chi connectivity index (χ4n) is 1.18. The standard InChI is InChI=1S/C11H18N2O5/c1-4-6-8(10(15)16)12-11(17)13(5-2)7-9(14)18-3/h4,8H,1,5-7H2,2-3H3,(H,12,17)(H,15,16). The lowest BCUT2D eigenvalue weighted by molar-refractivity contribution is -0.141. The van der Waals surface area contributed by atoms with Crippen LogP contribution in [0.3, 0.4) is 0 Å². The summed E-state index contributed by atoms with van der Waals surface area (Å²) >= 11 is 0. The molecule has 18 heavy (non-hydrogen) atoms. The lowest BCUT2D eigenvalue weighted by Gasteiger charge is -2.22. The summed E-state index contributed by atoms with van der Waals surface area (Å²) in [5.41, 5.74) is 0. The zero-order valence-electron chi connectivity index (χ0n) is 10.5. The second-order valence-corrected chi connectivity index (χ2v) is 3.45. The van der Waals surface area contributed by atoms with Crippen molar-refractivity contribution >= 4 is 18.0 Å². The number of rotatable bonds is 7. The Morgan fingerprint density at radius 2 is 2.11 bits per heavy atom. The number of urea groups is 1. The number of carbonyl (C=O) groups excluding carboxylic acids is 2. The molecule has 0 aromatic carbocycles. The molecule has 102 valence electrons. The maximum absolute atomic E-state index is 11.7. The van der Waals surface area contributed by atoms with E-state index < -0.39 is 24.0 Å². The van der Waals surface area contributed by atoms with Gasteiger partial charge in [0.2, 0.25) is 0 Å². The van der Waals surface area contributed by atoms with Gasteiger partial charge in [0.15, 0.2) is 0 Å². The molecule has 2 amide bonds. The molecule has 0 aromatic heterocycles. The molecule has 0 bridgehead atoms. The first-order valence-electron chi connectivity index (χ1n) is 5.42. The molecule has 0 saturated heterocycles. The molecule has 0 aliphatic heterocycles. The fourth-order valence-corrected chi connectivity index (χ4v) is 1.18. The number of carboxylic acids is 1. The Bertz CT molecular complexity index is 329. The van der Waals surface area contributed by atoms with Crippen molar-refractivity contribution in [2.24, 2.45) is 0 Å². The molecule has 0 rings (SSSR count). The van der Waals surface area contributed by atoms with Gasteiger partial charge in [-0.05, 0) is 13.3 Å². The Balaban J connectivity index is 4.53. The van der Waals surface area contributed by atoms with E-state index in [1.54, 1.807) is 6.92 Å². The number of likely N-dealkylation sites (N-methyl/N-ethyl adjacent to an activating group) is 1. The summed E-state index contributed by atoms with van der Waals surface area (Å²) in [7, 11) is 1.21. The summed E-state index contributed by atoms with van der Waals surface area (Å²) in [6, 6.07) is -1.68. The highest BCUT2D eigenvalue weighted by molar-refractivity contribution is 5.85. The zero-order chi connectivity index (χ0) is 14.1. The SMILES string of the molecule is C=CCC(NC(=O)N(CC)CC(=O)OC)C(=O)O. The van der Waals surface area contributed by atoms with Crippen LogP contribution in [0.25, 0.3) is 0 Å². The van der Waals surface area contributed by atoms with Crippen molar-refractivity contribution in [1.29, 1.82) is 0 Å². The largest absolute Gasteiger partial charge is 0.480 e. The van der Waals surface area contributed by atoms with E-state index in [-0.39, 0.29) is 19.5 Å². The first-order chi connectivity index (χ1) is 8.46. The summed E-state index contributed by atoms with van der Waals surface area (Å²) in [6.07, 6.45) is 1.51. The minimum Gasteiger partial charge on any atom is -0.480 e. The predicted octanol–water partition coefficient (Wildman–Crippen LogP) is 0.220. The van der Waals surface area contributed by atoms with Crippen LogP contribution in [0.2, 0.25) is 0 Å². The van der Waals surface area contributed by atoms with E-state index in [1.807, 2.05) is 0 Å². The van der Waals surface area contributed by atoms with Crippen molar-refractivity contribution in [3.8, 4) is 0 Å². The Kier molecular flexibility index (Phi) is 7.18. The fraction of sp³-hybridized carbons (Fsp3) is 0.545. The molecule has 7 heteroatoms. The van der Waals surface area contributed by atoms with Crippen LogP contribution >= 0.6 is 0 Å². The number of carboxylic acid groups (broad SMARTS) is 1. The molecule has 1 unspecified atom stereocenters. The molecule has 0 radical (unpaired) electrons. The normalized spacial score (nSPS) is 11.2. The topological polar surface area (TPSA) is 95.9 Å². The van der Waals surface area contributed by atoms with Gasteiger partial charge < -0.3 is 20.1 Å². The molecule has 7 nitrogen and oxygen atoms in total. The van der Waals surface area contributed by atoms with Gasteiger partial charge in [-0.25, -0.2) is 9.59 Å². The smallest absolute Gasteiger partial charge is 0.326 e. The van der Waals surface area contributed by atoms with E-state index in [0.717, 1.165) is 4.90 Å². The number of nitrogens with zero attached hydrogens (tertiary/aromatic N) is 1. The van der Waals surface area contributed by atoms with Crippen LogP contribution in [0.1, 0.15) is 13.3 Å². The van der Waals surface area contributed by atoms with Crippen LogP contribution in [0.4, 0.5) is 4.79 Å². The molecule has 0 spiro atoms. The minimum atomic E-state index is -1.16. The van der Waals surface area contributed by atoms with E-state index in [9.17, 15) is 14.4 Å². The third-order valence-electron chi connectivity index (χ3n) is 2.21. The molecule has 0 aliphatic rings. The number of amides is 2. The Hall–Kier alpha value is -2.05. The lowest BCUT2D eigenvalue weighted by atomic mass is 10.2. The number of nitrogens with one attached hydrogen (secondary N) is 1. The van der Waals surface area contributed by atoms with Crippen LogP contribution in [0, 0.1) is 0 Å². The molecular formula is C11H18N2O5. The van der Waals surface area contributed by atoms with Gasteiger partial charge in [0.05, 0.1) is 7.11 Å². The number of hydrogen-bond donors (Lipinski definition) is 2. The van der Waals surface area contributed by atoms with Crippen molar-refractivity contribution in [2.45, 2.75) is 19.4 Å². The van der Waals surface area contributed by atoms with Gasteiger partial charge in [-0.1, -0.05) is 6.08 Å². The van der Waals surface area contributed by atoms with Crippen LogP contribution in [0.5, 0.6) is 0 Å². The van der Waals surface area contributed by atoms with E-state index in [1.165, 1.54) is 13.2 Å². The predicted molar refractivity (Wildman–Crippen MR) is 64.0 cm³/mol. The molecule has 0 fully saturated rings. The van der Waals surface area contributed by atoms with Gasteiger partial charge in [0, 0.05) is 6.54 Å². The minimum absolute atomic E-state index is 0.108. The molecule has 0 heterocycles. The Morgan fingerprint density at radius 1 is 1.50 bits per heavy atom. The van der Waals surface area contributed by atoms with Crippen molar-refractivity contribution in [3.05, 3.63) is 12.7 Å². The second-order valence-electron chi connectivity index (χ2n) is 3.45. The second kappa shape index (κ2) is 8.10. The number of aliphatic carboxylic acids is 1.